The van der Waals surface area contributed by atoms with Gasteiger partial charge in [-0.25, -0.2) is 4.79 Å². The molecule has 110 valence electrons. The molecule has 0 aliphatic carbocycles. The second-order valence-corrected chi connectivity index (χ2v) is 5.39. The molecule has 1 unspecified atom stereocenters. The molecule has 1 aromatic rings. The quantitative estimate of drug-likeness (QED) is 0.741. The summed E-state index contributed by atoms with van der Waals surface area (Å²) in [5.41, 5.74) is 1.67. The van der Waals surface area contributed by atoms with Crippen molar-refractivity contribution in [3.63, 3.8) is 0 Å². The minimum Gasteiger partial charge on any atom is -0.481 e. The second-order valence-electron chi connectivity index (χ2n) is 4.60. The zero-order chi connectivity index (χ0) is 15.1. The average molecular weight is 343 g/mol. The Labute approximate surface area is 126 Å². The average Bonchev–Trinajstić information content (AvgIpc) is 2.39. The van der Waals surface area contributed by atoms with Gasteiger partial charge in [0.15, 0.2) is 0 Å². The highest BCUT2D eigenvalue weighted by Gasteiger charge is 2.17. The van der Waals surface area contributed by atoms with E-state index in [0.29, 0.717) is 12.1 Å². The molecule has 0 aliphatic heterocycles. The summed E-state index contributed by atoms with van der Waals surface area (Å²) in [6, 6.07) is 5.14. The monoisotopic (exact) mass is 342 g/mol. The van der Waals surface area contributed by atoms with E-state index < -0.39 is 17.9 Å². The van der Waals surface area contributed by atoms with Crippen molar-refractivity contribution >= 4 is 33.6 Å². The van der Waals surface area contributed by atoms with E-state index in [0.717, 1.165) is 16.5 Å². The van der Waals surface area contributed by atoms with Crippen LogP contribution in [0.25, 0.3) is 0 Å². The highest BCUT2D eigenvalue weighted by Crippen LogP contribution is 2.25. The number of halogens is 1. The number of hydrogen-bond donors (Lipinski definition) is 3. The fourth-order valence-corrected chi connectivity index (χ4v) is 2.15. The van der Waals surface area contributed by atoms with Crippen LogP contribution in [-0.2, 0) is 4.79 Å². The van der Waals surface area contributed by atoms with Crippen LogP contribution in [0.15, 0.2) is 22.7 Å². The molecular weight excluding hydrogens is 324 g/mol. The van der Waals surface area contributed by atoms with Crippen LogP contribution in [0.1, 0.15) is 25.3 Å². The lowest BCUT2D eigenvalue weighted by atomic mass is 10.0. The first-order chi connectivity index (χ1) is 9.45. The smallest absolute Gasteiger partial charge is 0.319 e. The maximum atomic E-state index is 11.8. The number of rotatable bonds is 6. The molecule has 2 amide bonds. The van der Waals surface area contributed by atoms with Gasteiger partial charge in [-0.2, -0.15) is 0 Å². The number of aliphatic carboxylic acids is 1. The van der Waals surface area contributed by atoms with Crippen LogP contribution in [0.5, 0.6) is 0 Å². The van der Waals surface area contributed by atoms with Crippen LogP contribution in [-0.4, -0.2) is 23.7 Å². The molecule has 0 aliphatic rings. The summed E-state index contributed by atoms with van der Waals surface area (Å²) < 4.78 is 0.818. The van der Waals surface area contributed by atoms with Crippen molar-refractivity contribution < 1.29 is 14.7 Å². The third-order valence-electron chi connectivity index (χ3n) is 2.94. The molecule has 0 heterocycles. The van der Waals surface area contributed by atoms with Gasteiger partial charge in [0.25, 0.3) is 0 Å². The standard InChI is InChI=1S/C14H19BrN2O3/c1-3-5-10(13(18)19)8-16-14(20)17-11-7-4-6-9(2)12(11)15/h4,6-7,10H,3,5,8H2,1-2H3,(H,18,19)(H2,16,17,20). The van der Waals surface area contributed by atoms with Crippen LogP contribution in [0.4, 0.5) is 10.5 Å². The fourth-order valence-electron chi connectivity index (χ4n) is 1.79. The van der Waals surface area contributed by atoms with Crippen LogP contribution >= 0.6 is 15.9 Å². The van der Waals surface area contributed by atoms with Crippen LogP contribution < -0.4 is 10.6 Å². The van der Waals surface area contributed by atoms with Crippen molar-refractivity contribution in [2.75, 3.05) is 11.9 Å². The number of anilines is 1. The molecule has 0 bridgehead atoms. The number of benzene rings is 1. The molecule has 20 heavy (non-hydrogen) atoms. The molecule has 1 rings (SSSR count). The van der Waals surface area contributed by atoms with Gasteiger partial charge in [0.05, 0.1) is 11.6 Å². The lowest BCUT2D eigenvalue weighted by molar-refractivity contribution is -0.141. The Balaban J connectivity index is 2.55. The number of nitrogens with one attached hydrogen (secondary N) is 2. The third kappa shape index (κ3) is 4.85. The summed E-state index contributed by atoms with van der Waals surface area (Å²) in [6.45, 7) is 3.97. The Morgan fingerprint density at radius 1 is 1.40 bits per heavy atom. The van der Waals surface area contributed by atoms with E-state index in [1.807, 2.05) is 26.0 Å². The van der Waals surface area contributed by atoms with Crippen molar-refractivity contribution in [2.45, 2.75) is 26.7 Å². The molecule has 5 nitrogen and oxygen atoms in total. The van der Waals surface area contributed by atoms with Gasteiger partial charge in [-0.15, -0.1) is 0 Å². The number of carboxylic acid groups (broad SMARTS) is 1. The first-order valence-electron chi connectivity index (χ1n) is 6.48. The van der Waals surface area contributed by atoms with Crippen molar-refractivity contribution in [1.29, 1.82) is 0 Å². The van der Waals surface area contributed by atoms with E-state index in [1.165, 1.54) is 0 Å². The molecule has 6 heteroatoms. The van der Waals surface area contributed by atoms with Crippen molar-refractivity contribution in [3.8, 4) is 0 Å². The minimum absolute atomic E-state index is 0.123. The SMILES string of the molecule is CCCC(CNC(=O)Nc1cccc(C)c1Br)C(=O)O. The maximum absolute atomic E-state index is 11.8. The molecule has 0 saturated carbocycles. The van der Waals surface area contributed by atoms with Crippen LogP contribution in [0.2, 0.25) is 0 Å². The third-order valence-corrected chi connectivity index (χ3v) is 3.99. The zero-order valence-corrected chi connectivity index (χ0v) is 13.2. The molecule has 1 atom stereocenters. The van der Waals surface area contributed by atoms with E-state index in [4.69, 9.17) is 5.11 Å². The Hall–Kier alpha value is -1.56. The summed E-state index contributed by atoms with van der Waals surface area (Å²) in [4.78, 5) is 22.8. The van der Waals surface area contributed by atoms with E-state index in [1.54, 1.807) is 6.07 Å². The molecular formula is C14H19BrN2O3. The van der Waals surface area contributed by atoms with Gasteiger partial charge in [-0.05, 0) is 40.9 Å². The summed E-state index contributed by atoms with van der Waals surface area (Å²) in [5, 5.41) is 14.3. The highest BCUT2D eigenvalue weighted by atomic mass is 79.9. The van der Waals surface area contributed by atoms with Gasteiger partial charge >= 0.3 is 12.0 Å². The number of carboxylic acids is 1. The normalized spacial score (nSPS) is 11.8. The summed E-state index contributed by atoms with van der Waals surface area (Å²) in [5.74, 6) is -1.43. The lowest BCUT2D eigenvalue weighted by Crippen LogP contribution is -2.35. The summed E-state index contributed by atoms with van der Waals surface area (Å²) >= 11 is 3.40. The molecule has 0 radical (unpaired) electrons. The summed E-state index contributed by atoms with van der Waals surface area (Å²) in [7, 11) is 0. The van der Waals surface area contributed by atoms with Crippen LogP contribution in [0, 0.1) is 12.8 Å². The Bertz CT molecular complexity index is 491. The molecule has 0 spiro atoms. The number of carbonyl (C=O) groups excluding carboxylic acids is 1. The van der Waals surface area contributed by atoms with Crippen molar-refractivity contribution in [1.82, 2.24) is 5.32 Å². The van der Waals surface area contributed by atoms with Gasteiger partial charge in [0.1, 0.15) is 0 Å². The topological polar surface area (TPSA) is 78.4 Å². The lowest BCUT2D eigenvalue weighted by Gasteiger charge is -2.14. The van der Waals surface area contributed by atoms with E-state index in [2.05, 4.69) is 26.6 Å². The number of aryl methyl sites for hydroxylation is 1. The van der Waals surface area contributed by atoms with Gasteiger partial charge < -0.3 is 15.7 Å². The molecule has 0 saturated heterocycles. The molecule has 1 aromatic carbocycles. The zero-order valence-electron chi connectivity index (χ0n) is 11.6. The first kappa shape index (κ1) is 16.5. The number of urea groups is 1. The van der Waals surface area contributed by atoms with Gasteiger partial charge in [0.2, 0.25) is 0 Å². The number of amides is 2. The van der Waals surface area contributed by atoms with Gasteiger partial charge in [-0.3, -0.25) is 4.79 Å². The number of hydrogen-bond acceptors (Lipinski definition) is 2. The Morgan fingerprint density at radius 2 is 2.10 bits per heavy atom. The van der Waals surface area contributed by atoms with Crippen molar-refractivity contribution in [3.05, 3.63) is 28.2 Å². The maximum Gasteiger partial charge on any atom is 0.319 e. The highest BCUT2D eigenvalue weighted by molar-refractivity contribution is 9.10. The predicted molar refractivity (Wildman–Crippen MR) is 81.9 cm³/mol. The first-order valence-corrected chi connectivity index (χ1v) is 7.27. The molecule has 0 aromatic heterocycles. The minimum atomic E-state index is -0.885. The van der Waals surface area contributed by atoms with E-state index in [-0.39, 0.29) is 6.54 Å². The van der Waals surface area contributed by atoms with Crippen molar-refractivity contribution in [2.24, 2.45) is 5.92 Å². The number of carbonyl (C=O) groups is 2. The predicted octanol–water partition coefficient (Wildman–Crippen LogP) is 3.38. The van der Waals surface area contributed by atoms with E-state index >= 15 is 0 Å². The molecule has 0 fully saturated rings. The van der Waals surface area contributed by atoms with Gasteiger partial charge in [0, 0.05) is 11.0 Å². The van der Waals surface area contributed by atoms with Crippen LogP contribution in [0.3, 0.4) is 0 Å². The Morgan fingerprint density at radius 3 is 2.70 bits per heavy atom. The Kier molecular flexibility index (Phi) is 6.51. The molecule has 3 N–H and O–H groups in total. The fraction of sp³-hybridized carbons (Fsp3) is 0.429. The largest absolute Gasteiger partial charge is 0.481 e. The summed E-state index contributed by atoms with van der Waals surface area (Å²) in [6.07, 6.45) is 1.31. The van der Waals surface area contributed by atoms with E-state index in [9.17, 15) is 9.59 Å². The van der Waals surface area contributed by atoms with Gasteiger partial charge in [-0.1, -0.05) is 25.5 Å². The second kappa shape index (κ2) is 7.89.